The lowest BCUT2D eigenvalue weighted by Gasteiger charge is -2.36. The molecule has 0 spiro atoms. The van der Waals surface area contributed by atoms with E-state index in [1.54, 1.807) is 24.3 Å². The highest BCUT2D eigenvalue weighted by Gasteiger charge is 2.48. The molecule has 2 aromatic rings. The van der Waals surface area contributed by atoms with Gasteiger partial charge < -0.3 is 5.73 Å². The van der Waals surface area contributed by atoms with Gasteiger partial charge in [-0.15, -0.1) is 0 Å². The van der Waals surface area contributed by atoms with Crippen LogP contribution in [0.15, 0.2) is 41.5 Å². The van der Waals surface area contributed by atoms with E-state index in [1.165, 1.54) is 24.0 Å². The number of hydrogen-bond acceptors (Lipinski definition) is 4. The zero-order valence-electron chi connectivity index (χ0n) is 13.0. The first-order valence-electron chi connectivity index (χ1n) is 7.99. The number of aromatic nitrogens is 1. The highest BCUT2D eigenvalue weighted by atomic mass is 32.2. The summed E-state index contributed by atoms with van der Waals surface area (Å²) in [6, 6.07) is 8.03. The van der Waals surface area contributed by atoms with E-state index in [9.17, 15) is 8.78 Å². The lowest BCUT2D eigenvalue weighted by atomic mass is 9.80. The second-order valence-corrected chi connectivity index (χ2v) is 7.35. The number of fused-ring (bicyclic) bond motifs is 1. The Balaban J connectivity index is 1.88. The van der Waals surface area contributed by atoms with Crippen LogP contribution in [0.1, 0.15) is 24.8 Å². The van der Waals surface area contributed by atoms with Gasteiger partial charge in [0.25, 0.3) is 0 Å². The van der Waals surface area contributed by atoms with Crippen molar-refractivity contribution in [3.8, 4) is 11.1 Å². The molecule has 24 heavy (non-hydrogen) atoms. The van der Waals surface area contributed by atoms with Crippen LogP contribution < -0.4 is 5.73 Å². The van der Waals surface area contributed by atoms with Gasteiger partial charge in [-0.1, -0.05) is 24.2 Å². The van der Waals surface area contributed by atoms with E-state index in [1.807, 2.05) is 0 Å². The minimum atomic E-state index is -0.617. The van der Waals surface area contributed by atoms with Crippen LogP contribution in [0.3, 0.4) is 0 Å². The molecular weight excluding hydrogens is 328 g/mol. The van der Waals surface area contributed by atoms with Crippen LogP contribution in [0.2, 0.25) is 0 Å². The summed E-state index contributed by atoms with van der Waals surface area (Å²) in [5.41, 5.74) is 6.84. The van der Waals surface area contributed by atoms with Crippen LogP contribution in [0.5, 0.6) is 0 Å². The maximum Gasteiger partial charge on any atom is 0.220 e. The van der Waals surface area contributed by atoms with E-state index in [0.717, 1.165) is 25.0 Å². The van der Waals surface area contributed by atoms with Crippen molar-refractivity contribution < 1.29 is 8.78 Å². The smallest absolute Gasteiger partial charge is 0.220 e. The lowest BCUT2D eigenvalue weighted by Crippen LogP contribution is -2.37. The largest absolute Gasteiger partial charge is 0.379 e. The van der Waals surface area contributed by atoms with Crippen molar-refractivity contribution >= 4 is 16.9 Å². The molecule has 1 unspecified atom stereocenters. The predicted molar refractivity (Wildman–Crippen MR) is 92.7 cm³/mol. The molecule has 1 aromatic heterocycles. The van der Waals surface area contributed by atoms with Gasteiger partial charge in [-0.05, 0) is 48.6 Å². The molecule has 1 aromatic carbocycles. The summed E-state index contributed by atoms with van der Waals surface area (Å²) in [5.74, 6) is 0.245. The van der Waals surface area contributed by atoms with E-state index in [0.29, 0.717) is 21.9 Å². The normalized spacial score (nSPS) is 26.1. The number of amidine groups is 1. The highest BCUT2D eigenvalue weighted by Crippen LogP contribution is 2.51. The van der Waals surface area contributed by atoms with E-state index < -0.39 is 11.5 Å². The third-order valence-electron chi connectivity index (χ3n) is 5.03. The van der Waals surface area contributed by atoms with Gasteiger partial charge in [-0.2, -0.15) is 4.39 Å². The molecule has 124 valence electrons. The number of pyridine rings is 1. The number of halogens is 2. The average Bonchev–Trinajstić information content (AvgIpc) is 3.00. The summed E-state index contributed by atoms with van der Waals surface area (Å²) in [7, 11) is 0. The fraction of sp³-hybridized carbons (Fsp3) is 0.333. The van der Waals surface area contributed by atoms with Crippen LogP contribution >= 0.6 is 11.8 Å². The quantitative estimate of drug-likeness (QED) is 0.834. The number of aliphatic imine (C=N–C) groups is 1. The topological polar surface area (TPSA) is 51.3 Å². The Morgan fingerprint density at radius 2 is 2.12 bits per heavy atom. The number of nitrogens with two attached hydrogens (primary N) is 1. The Bertz CT molecular complexity index is 824. The number of nitrogens with zero attached hydrogens (tertiary/aromatic N) is 2. The Morgan fingerprint density at radius 1 is 1.25 bits per heavy atom. The molecule has 0 radical (unpaired) electrons. The number of rotatable bonds is 2. The first-order chi connectivity index (χ1) is 11.6. The van der Waals surface area contributed by atoms with Gasteiger partial charge >= 0.3 is 0 Å². The van der Waals surface area contributed by atoms with Crippen molar-refractivity contribution in [2.45, 2.75) is 24.8 Å². The maximum absolute atomic E-state index is 14.7. The monoisotopic (exact) mass is 345 g/mol. The molecule has 1 saturated carbocycles. The average molecular weight is 345 g/mol. The molecule has 0 bridgehead atoms. The number of benzene rings is 1. The van der Waals surface area contributed by atoms with Crippen molar-refractivity contribution in [3.63, 3.8) is 0 Å². The van der Waals surface area contributed by atoms with Crippen molar-refractivity contribution in [1.82, 2.24) is 4.98 Å². The van der Waals surface area contributed by atoms with Crippen LogP contribution in [0, 0.1) is 17.7 Å². The third kappa shape index (κ3) is 2.40. The summed E-state index contributed by atoms with van der Waals surface area (Å²) in [6.45, 7) is 0. The number of hydrogen-bond donors (Lipinski definition) is 1. The molecule has 0 amide bonds. The summed E-state index contributed by atoms with van der Waals surface area (Å²) >= 11 is 1.53. The van der Waals surface area contributed by atoms with Gasteiger partial charge in [0.15, 0.2) is 5.17 Å². The summed E-state index contributed by atoms with van der Waals surface area (Å²) in [5, 5.41) is 0.505. The van der Waals surface area contributed by atoms with Crippen LogP contribution in [-0.2, 0) is 5.54 Å². The molecular formula is C18H17F2N3S. The molecule has 0 saturated heterocycles. The van der Waals surface area contributed by atoms with E-state index in [2.05, 4.69) is 9.98 Å². The van der Waals surface area contributed by atoms with Gasteiger partial charge in [0.1, 0.15) is 5.82 Å². The molecule has 6 heteroatoms. The predicted octanol–water partition coefficient (Wildman–Crippen LogP) is 4.08. The molecule has 2 heterocycles. The Labute approximate surface area is 143 Å². The van der Waals surface area contributed by atoms with E-state index in [-0.39, 0.29) is 11.7 Å². The fourth-order valence-electron chi connectivity index (χ4n) is 3.88. The fourth-order valence-corrected chi connectivity index (χ4v) is 4.93. The lowest BCUT2D eigenvalue weighted by molar-refractivity contribution is 0.341. The second-order valence-electron chi connectivity index (χ2n) is 6.31. The molecule has 2 aliphatic rings. The zero-order valence-corrected chi connectivity index (χ0v) is 13.8. The van der Waals surface area contributed by atoms with E-state index in [4.69, 9.17) is 5.73 Å². The molecule has 1 fully saturated rings. The van der Waals surface area contributed by atoms with Crippen molar-refractivity contribution in [3.05, 3.63) is 53.9 Å². The van der Waals surface area contributed by atoms with Crippen molar-refractivity contribution in [2.75, 3.05) is 5.75 Å². The molecule has 1 aliphatic heterocycles. The highest BCUT2D eigenvalue weighted by molar-refractivity contribution is 8.13. The van der Waals surface area contributed by atoms with Crippen molar-refractivity contribution in [2.24, 2.45) is 16.6 Å². The van der Waals surface area contributed by atoms with Gasteiger partial charge in [0.05, 0.1) is 5.54 Å². The van der Waals surface area contributed by atoms with Crippen LogP contribution in [0.4, 0.5) is 8.78 Å². The maximum atomic E-state index is 14.7. The second kappa shape index (κ2) is 5.84. The molecule has 4 rings (SSSR count). The van der Waals surface area contributed by atoms with Gasteiger partial charge in [0.2, 0.25) is 5.95 Å². The SMILES string of the molecule is NC1=N[C@@]2(c3cc(-c4cccnc4F)ccc3F)CCCC2CS1. The first kappa shape index (κ1) is 15.6. The van der Waals surface area contributed by atoms with Crippen molar-refractivity contribution in [1.29, 1.82) is 0 Å². The summed E-state index contributed by atoms with van der Waals surface area (Å²) in [6.07, 6.45) is 4.18. The summed E-state index contributed by atoms with van der Waals surface area (Å²) in [4.78, 5) is 8.36. The Kier molecular flexibility index (Phi) is 3.79. The van der Waals surface area contributed by atoms with E-state index >= 15 is 0 Å². The van der Waals surface area contributed by atoms with Gasteiger partial charge in [-0.3, -0.25) is 4.99 Å². The zero-order chi connectivity index (χ0) is 16.7. The van der Waals surface area contributed by atoms with Crippen LogP contribution in [-0.4, -0.2) is 15.9 Å². The first-order valence-corrected chi connectivity index (χ1v) is 8.98. The Hall–Kier alpha value is -1.95. The Morgan fingerprint density at radius 3 is 2.96 bits per heavy atom. The van der Waals surface area contributed by atoms with Gasteiger partial charge in [-0.25, -0.2) is 9.37 Å². The molecule has 1 aliphatic carbocycles. The van der Waals surface area contributed by atoms with Gasteiger partial charge in [0, 0.05) is 23.1 Å². The number of thioether (sulfide) groups is 1. The third-order valence-corrected chi connectivity index (χ3v) is 5.99. The standard InChI is InChI=1S/C18H17F2N3S/c19-15-6-5-11(13-4-2-8-22-16(13)20)9-14(15)18-7-1-3-12(18)10-24-17(21)23-18/h2,4-6,8-9,12H,1,3,7,10H2,(H2,21,23)/t12?,18-/m0/s1. The summed E-state index contributed by atoms with van der Waals surface area (Å²) < 4.78 is 28.7. The molecule has 2 atom stereocenters. The van der Waals surface area contributed by atoms with Crippen LogP contribution in [0.25, 0.3) is 11.1 Å². The molecule has 2 N–H and O–H groups in total. The minimum Gasteiger partial charge on any atom is -0.379 e. The molecule has 3 nitrogen and oxygen atoms in total. The minimum absolute atomic E-state index is 0.262.